The van der Waals surface area contributed by atoms with Gasteiger partial charge in [-0.3, -0.25) is 9.59 Å². The van der Waals surface area contributed by atoms with Crippen molar-refractivity contribution in [2.45, 2.75) is 13.0 Å². The first-order valence-electron chi connectivity index (χ1n) is 6.91. The zero-order chi connectivity index (χ0) is 14.8. The molecule has 3 rings (SSSR count). The third kappa shape index (κ3) is 2.52. The summed E-state index contributed by atoms with van der Waals surface area (Å²) in [7, 11) is 0. The first-order chi connectivity index (χ1) is 10.2. The molecule has 0 fully saturated rings. The molecule has 1 N–H and O–H groups in total. The van der Waals surface area contributed by atoms with Crippen LogP contribution in [0.25, 0.3) is 0 Å². The fourth-order valence-electron chi connectivity index (χ4n) is 2.59. The maximum Gasteiger partial charge on any atom is 0.243 e. The number of anilines is 2. The van der Waals surface area contributed by atoms with E-state index in [1.165, 1.54) is 0 Å². The largest absolute Gasteiger partial charge is 0.350 e. The minimum Gasteiger partial charge on any atom is -0.350 e. The molecule has 1 amide bonds. The highest BCUT2D eigenvalue weighted by Gasteiger charge is 2.29. The quantitative estimate of drug-likeness (QED) is 0.879. The lowest BCUT2D eigenvalue weighted by molar-refractivity contribution is -0.115. The van der Waals surface area contributed by atoms with Crippen molar-refractivity contribution in [3.8, 4) is 0 Å². The summed E-state index contributed by atoms with van der Waals surface area (Å²) in [5.74, 6) is -0.0819. The summed E-state index contributed by atoms with van der Waals surface area (Å²) in [6, 6.07) is 16.3. The molecule has 1 heterocycles. The molecule has 4 nitrogen and oxygen atoms in total. The van der Waals surface area contributed by atoms with Crippen molar-refractivity contribution in [3.05, 3.63) is 60.2 Å². The van der Waals surface area contributed by atoms with Gasteiger partial charge in [0.1, 0.15) is 0 Å². The number of fused-ring (bicyclic) bond motifs is 1. The summed E-state index contributed by atoms with van der Waals surface area (Å²) >= 11 is 0. The monoisotopic (exact) mass is 280 g/mol. The molecule has 2 aromatic carbocycles. The number of Topliss-reactive ketones (excluding diaryl/α,β-unsaturated/α-hetero) is 1. The van der Waals surface area contributed by atoms with E-state index in [-0.39, 0.29) is 24.3 Å². The van der Waals surface area contributed by atoms with Gasteiger partial charge in [-0.05, 0) is 19.1 Å². The molecule has 0 radical (unpaired) electrons. The van der Waals surface area contributed by atoms with E-state index in [4.69, 9.17) is 0 Å². The van der Waals surface area contributed by atoms with Gasteiger partial charge >= 0.3 is 0 Å². The molecule has 0 saturated carbocycles. The number of ketones is 1. The summed E-state index contributed by atoms with van der Waals surface area (Å²) in [6.45, 7) is 2.03. The zero-order valence-corrected chi connectivity index (χ0v) is 11.7. The molecule has 0 bridgehead atoms. The third-order valence-corrected chi connectivity index (χ3v) is 3.71. The van der Waals surface area contributed by atoms with Crippen molar-refractivity contribution < 1.29 is 9.59 Å². The average molecular weight is 280 g/mol. The first kappa shape index (κ1) is 13.4. The fraction of sp³-hybridized carbons (Fsp3) is 0.176. The Labute approximate surface area is 123 Å². The van der Waals surface area contributed by atoms with Gasteiger partial charge in [0.15, 0.2) is 5.78 Å². The van der Waals surface area contributed by atoms with Crippen LogP contribution in [0, 0.1) is 0 Å². The van der Waals surface area contributed by atoms with Crippen LogP contribution < -0.4 is 10.2 Å². The summed E-state index contributed by atoms with van der Waals surface area (Å²) < 4.78 is 0. The smallest absolute Gasteiger partial charge is 0.243 e. The van der Waals surface area contributed by atoms with Gasteiger partial charge in [-0.15, -0.1) is 0 Å². The number of carbonyl (C=O) groups is 2. The Balaban J connectivity index is 1.93. The van der Waals surface area contributed by atoms with Crippen LogP contribution in [-0.2, 0) is 4.79 Å². The van der Waals surface area contributed by atoms with Gasteiger partial charge in [0, 0.05) is 5.56 Å². The lowest BCUT2D eigenvalue weighted by atomic mass is 10.0. The van der Waals surface area contributed by atoms with Crippen LogP contribution in [0.1, 0.15) is 17.3 Å². The van der Waals surface area contributed by atoms with Crippen molar-refractivity contribution in [1.29, 1.82) is 0 Å². The second kappa shape index (κ2) is 5.40. The van der Waals surface area contributed by atoms with Crippen LogP contribution in [0.5, 0.6) is 0 Å². The maximum atomic E-state index is 12.6. The molecule has 0 spiro atoms. The third-order valence-electron chi connectivity index (χ3n) is 3.71. The number of benzene rings is 2. The molecule has 1 aliphatic rings. The molecule has 0 aromatic heterocycles. The van der Waals surface area contributed by atoms with Crippen LogP contribution in [0.4, 0.5) is 11.4 Å². The van der Waals surface area contributed by atoms with E-state index >= 15 is 0 Å². The number of hydrogen-bond acceptors (Lipinski definition) is 3. The molecular weight excluding hydrogens is 264 g/mol. The average Bonchev–Trinajstić information content (AvgIpc) is 2.53. The minimum absolute atomic E-state index is 0.0140. The van der Waals surface area contributed by atoms with Crippen molar-refractivity contribution in [2.24, 2.45) is 0 Å². The Morgan fingerprint density at radius 3 is 2.52 bits per heavy atom. The Morgan fingerprint density at radius 2 is 1.76 bits per heavy atom. The van der Waals surface area contributed by atoms with Gasteiger partial charge in [-0.2, -0.15) is 0 Å². The topological polar surface area (TPSA) is 49.4 Å². The van der Waals surface area contributed by atoms with Crippen molar-refractivity contribution in [2.75, 3.05) is 16.8 Å². The number of rotatable bonds is 3. The highest BCUT2D eigenvalue weighted by molar-refractivity contribution is 6.06. The minimum atomic E-state index is -0.389. The molecule has 2 aromatic rings. The van der Waals surface area contributed by atoms with E-state index < -0.39 is 0 Å². The van der Waals surface area contributed by atoms with E-state index in [0.29, 0.717) is 5.56 Å². The second-order valence-corrected chi connectivity index (χ2v) is 5.10. The van der Waals surface area contributed by atoms with Gasteiger partial charge in [-0.25, -0.2) is 0 Å². The molecular formula is C17H16N2O2. The zero-order valence-electron chi connectivity index (χ0n) is 11.7. The van der Waals surface area contributed by atoms with Gasteiger partial charge in [0.05, 0.1) is 24.0 Å². The lowest BCUT2D eigenvalue weighted by Crippen LogP contribution is -2.46. The summed E-state index contributed by atoms with van der Waals surface area (Å²) in [5.41, 5.74) is 2.30. The van der Waals surface area contributed by atoms with Gasteiger partial charge < -0.3 is 10.2 Å². The van der Waals surface area contributed by atoms with Crippen molar-refractivity contribution >= 4 is 23.1 Å². The normalized spacial score (nSPS) is 15.1. The van der Waals surface area contributed by atoms with Crippen LogP contribution in [-0.4, -0.2) is 24.3 Å². The van der Waals surface area contributed by atoms with E-state index in [1.54, 1.807) is 12.1 Å². The standard InChI is InChI=1S/C17H16N2O2/c1-12(17(21)13-7-3-2-4-8-13)19-11-16(20)18-14-9-5-6-10-15(14)19/h2-10,12H,11H2,1H3,(H,18,20). The molecule has 106 valence electrons. The Hall–Kier alpha value is -2.62. The van der Waals surface area contributed by atoms with Crippen LogP contribution in [0.2, 0.25) is 0 Å². The van der Waals surface area contributed by atoms with Crippen molar-refractivity contribution in [1.82, 2.24) is 0 Å². The number of amides is 1. The highest BCUT2D eigenvalue weighted by Crippen LogP contribution is 2.31. The Kier molecular flexibility index (Phi) is 3.44. The summed E-state index contributed by atoms with van der Waals surface area (Å²) in [4.78, 5) is 26.3. The Bertz CT molecular complexity index is 682. The molecule has 1 atom stereocenters. The van der Waals surface area contributed by atoms with Crippen LogP contribution in [0.3, 0.4) is 0 Å². The molecule has 1 aliphatic heterocycles. The number of carbonyl (C=O) groups excluding carboxylic acids is 2. The number of para-hydroxylation sites is 2. The van der Waals surface area contributed by atoms with Gasteiger partial charge in [0.2, 0.25) is 5.91 Å². The molecule has 0 aliphatic carbocycles. The molecule has 0 saturated heterocycles. The molecule has 21 heavy (non-hydrogen) atoms. The summed E-state index contributed by atoms with van der Waals surface area (Å²) in [5, 5.41) is 2.83. The predicted molar refractivity (Wildman–Crippen MR) is 82.7 cm³/mol. The lowest BCUT2D eigenvalue weighted by Gasteiger charge is -2.34. The Morgan fingerprint density at radius 1 is 1.10 bits per heavy atom. The van der Waals surface area contributed by atoms with E-state index in [9.17, 15) is 9.59 Å². The van der Waals surface area contributed by atoms with E-state index in [2.05, 4.69) is 5.32 Å². The van der Waals surface area contributed by atoms with Crippen LogP contribution in [0.15, 0.2) is 54.6 Å². The maximum absolute atomic E-state index is 12.6. The van der Waals surface area contributed by atoms with Crippen LogP contribution >= 0.6 is 0 Å². The van der Waals surface area contributed by atoms with E-state index in [0.717, 1.165) is 11.4 Å². The van der Waals surface area contributed by atoms with E-state index in [1.807, 2.05) is 54.3 Å². The number of nitrogens with one attached hydrogen (secondary N) is 1. The molecule has 4 heteroatoms. The van der Waals surface area contributed by atoms with Crippen molar-refractivity contribution in [3.63, 3.8) is 0 Å². The molecule has 1 unspecified atom stereocenters. The van der Waals surface area contributed by atoms with Gasteiger partial charge in [0.25, 0.3) is 0 Å². The SMILES string of the molecule is CC(C(=O)c1ccccc1)N1CC(=O)Nc2ccccc21. The van der Waals surface area contributed by atoms with Gasteiger partial charge in [-0.1, -0.05) is 42.5 Å². The highest BCUT2D eigenvalue weighted by atomic mass is 16.2. The first-order valence-corrected chi connectivity index (χ1v) is 6.91. The fourth-order valence-corrected chi connectivity index (χ4v) is 2.59. The summed E-state index contributed by atoms with van der Waals surface area (Å²) in [6.07, 6.45) is 0. The predicted octanol–water partition coefficient (Wildman–Crippen LogP) is 2.72. The number of hydrogen-bond donors (Lipinski definition) is 1. The second-order valence-electron chi connectivity index (χ2n) is 5.10. The number of nitrogens with zero attached hydrogens (tertiary/aromatic N) is 1.